The van der Waals surface area contributed by atoms with Crippen LogP contribution in [0.2, 0.25) is 0 Å². The summed E-state index contributed by atoms with van der Waals surface area (Å²) in [5.41, 5.74) is 6.95. The Morgan fingerprint density at radius 1 is 1.21 bits per heavy atom. The van der Waals surface area contributed by atoms with Crippen molar-refractivity contribution in [3.8, 4) is 6.01 Å². The Balaban J connectivity index is 2.31. The quantitative estimate of drug-likeness (QED) is 0.556. The first-order chi connectivity index (χ1) is 9.13. The van der Waals surface area contributed by atoms with E-state index in [-0.39, 0.29) is 4.99 Å². The van der Waals surface area contributed by atoms with E-state index in [1.54, 1.807) is 6.07 Å². The molecule has 19 heavy (non-hydrogen) atoms. The molecule has 1 heterocycles. The summed E-state index contributed by atoms with van der Waals surface area (Å²) in [5.74, 6) is 0. The molecule has 5 heteroatoms. The first kappa shape index (κ1) is 15.8. The fourth-order valence-electron chi connectivity index (χ4n) is 1.78. The minimum absolute atomic E-state index is 0.273. The molecular formula is C14H23N3OS. The third-order valence-corrected chi connectivity index (χ3v) is 3.02. The molecule has 0 fully saturated rings. The number of thiocarbonyl (C=S) groups is 1. The molecule has 0 saturated heterocycles. The lowest BCUT2D eigenvalue weighted by Gasteiger charge is -2.06. The van der Waals surface area contributed by atoms with Gasteiger partial charge in [0, 0.05) is 5.69 Å². The minimum atomic E-state index is 0.273. The third-order valence-electron chi connectivity index (χ3n) is 2.82. The van der Waals surface area contributed by atoms with Crippen molar-refractivity contribution >= 4 is 17.2 Å². The summed E-state index contributed by atoms with van der Waals surface area (Å²) in [4.78, 5) is 8.67. The van der Waals surface area contributed by atoms with Crippen molar-refractivity contribution in [1.29, 1.82) is 0 Å². The van der Waals surface area contributed by atoms with E-state index >= 15 is 0 Å². The number of ether oxygens (including phenoxy) is 1. The van der Waals surface area contributed by atoms with Gasteiger partial charge in [0.05, 0.1) is 6.61 Å². The zero-order valence-corrected chi connectivity index (χ0v) is 12.6. The molecule has 0 bridgehead atoms. The third kappa shape index (κ3) is 6.47. The van der Waals surface area contributed by atoms with Crippen molar-refractivity contribution < 1.29 is 4.74 Å². The molecule has 1 aromatic rings. The smallest absolute Gasteiger partial charge is 0.317 e. The van der Waals surface area contributed by atoms with E-state index in [1.807, 2.05) is 6.92 Å². The highest BCUT2D eigenvalue weighted by Gasteiger charge is 2.05. The molecule has 0 aromatic carbocycles. The van der Waals surface area contributed by atoms with Gasteiger partial charge in [0.15, 0.2) is 0 Å². The molecule has 0 aliphatic rings. The van der Waals surface area contributed by atoms with Crippen LogP contribution in [-0.2, 0) is 0 Å². The van der Waals surface area contributed by atoms with Gasteiger partial charge >= 0.3 is 6.01 Å². The van der Waals surface area contributed by atoms with Crippen molar-refractivity contribution in [2.24, 2.45) is 5.73 Å². The molecule has 0 amide bonds. The normalized spacial score (nSPS) is 10.4. The molecular weight excluding hydrogens is 258 g/mol. The standard InChI is InChI=1S/C14H23N3OS/c1-3-4-5-6-7-8-9-18-14-16-11(2)10-12(17-14)13(15)19/h10H,3-9H2,1-2H3,(H2,15,19). The van der Waals surface area contributed by atoms with Crippen LogP contribution in [0.5, 0.6) is 6.01 Å². The van der Waals surface area contributed by atoms with Gasteiger partial charge in [-0.15, -0.1) is 0 Å². The number of rotatable bonds is 9. The molecule has 0 saturated carbocycles. The fourth-order valence-corrected chi connectivity index (χ4v) is 1.88. The van der Waals surface area contributed by atoms with Crippen molar-refractivity contribution in [2.75, 3.05) is 6.61 Å². The van der Waals surface area contributed by atoms with Gasteiger partial charge in [-0.1, -0.05) is 51.2 Å². The van der Waals surface area contributed by atoms with E-state index in [2.05, 4.69) is 16.9 Å². The maximum absolute atomic E-state index is 5.56. The number of unbranched alkanes of at least 4 members (excludes halogenated alkanes) is 5. The highest BCUT2D eigenvalue weighted by Crippen LogP contribution is 2.09. The number of aromatic nitrogens is 2. The number of hydrogen-bond donors (Lipinski definition) is 1. The van der Waals surface area contributed by atoms with Crippen LogP contribution in [0.1, 0.15) is 56.8 Å². The van der Waals surface area contributed by atoms with Crippen molar-refractivity contribution in [3.05, 3.63) is 17.5 Å². The SMILES string of the molecule is CCCCCCCCOc1nc(C)cc(C(N)=S)n1. The summed E-state index contributed by atoms with van der Waals surface area (Å²) in [7, 11) is 0. The van der Waals surface area contributed by atoms with Crippen LogP contribution in [-0.4, -0.2) is 21.6 Å². The van der Waals surface area contributed by atoms with Crippen LogP contribution in [0.3, 0.4) is 0 Å². The zero-order valence-electron chi connectivity index (χ0n) is 11.8. The Morgan fingerprint density at radius 2 is 1.89 bits per heavy atom. The van der Waals surface area contributed by atoms with Gasteiger partial charge in [-0.25, -0.2) is 4.98 Å². The Morgan fingerprint density at radius 3 is 2.58 bits per heavy atom. The second kappa shape index (κ2) is 8.80. The van der Waals surface area contributed by atoms with Gasteiger partial charge < -0.3 is 10.5 Å². The van der Waals surface area contributed by atoms with Gasteiger partial charge in [-0.2, -0.15) is 4.98 Å². The van der Waals surface area contributed by atoms with E-state index in [9.17, 15) is 0 Å². The highest BCUT2D eigenvalue weighted by molar-refractivity contribution is 7.80. The lowest BCUT2D eigenvalue weighted by Crippen LogP contribution is -2.14. The molecule has 1 rings (SSSR count). The summed E-state index contributed by atoms with van der Waals surface area (Å²) < 4.78 is 5.55. The summed E-state index contributed by atoms with van der Waals surface area (Å²) in [6, 6.07) is 2.14. The van der Waals surface area contributed by atoms with Gasteiger partial charge in [0.1, 0.15) is 10.7 Å². The zero-order chi connectivity index (χ0) is 14.1. The highest BCUT2D eigenvalue weighted by atomic mass is 32.1. The van der Waals surface area contributed by atoms with Gasteiger partial charge in [0.25, 0.3) is 0 Å². The van der Waals surface area contributed by atoms with Crippen LogP contribution in [0.15, 0.2) is 6.07 Å². The van der Waals surface area contributed by atoms with Crippen molar-refractivity contribution in [1.82, 2.24) is 9.97 Å². The molecule has 0 atom stereocenters. The maximum atomic E-state index is 5.56. The molecule has 106 valence electrons. The molecule has 4 nitrogen and oxygen atoms in total. The molecule has 0 spiro atoms. The van der Waals surface area contributed by atoms with Gasteiger partial charge in [0.2, 0.25) is 0 Å². The molecule has 0 radical (unpaired) electrons. The van der Waals surface area contributed by atoms with E-state index in [4.69, 9.17) is 22.7 Å². The van der Waals surface area contributed by atoms with Gasteiger partial charge in [-0.05, 0) is 19.4 Å². The molecule has 2 N–H and O–H groups in total. The number of hydrogen-bond acceptors (Lipinski definition) is 4. The number of aryl methyl sites for hydroxylation is 1. The van der Waals surface area contributed by atoms with Gasteiger partial charge in [-0.3, -0.25) is 0 Å². The van der Waals surface area contributed by atoms with E-state index in [1.165, 1.54) is 32.1 Å². The molecule has 0 aliphatic heterocycles. The first-order valence-electron chi connectivity index (χ1n) is 6.91. The molecule has 0 aliphatic carbocycles. The Labute approximate surface area is 120 Å². The van der Waals surface area contributed by atoms with E-state index in [0.29, 0.717) is 18.3 Å². The second-order valence-corrected chi connectivity index (χ2v) is 5.10. The summed E-state index contributed by atoms with van der Waals surface area (Å²) in [5, 5.41) is 0. The minimum Gasteiger partial charge on any atom is -0.463 e. The van der Waals surface area contributed by atoms with Crippen LogP contribution in [0.25, 0.3) is 0 Å². The second-order valence-electron chi connectivity index (χ2n) is 4.66. The average molecular weight is 281 g/mol. The fraction of sp³-hybridized carbons (Fsp3) is 0.643. The maximum Gasteiger partial charge on any atom is 0.317 e. The van der Waals surface area contributed by atoms with E-state index in [0.717, 1.165) is 12.1 Å². The first-order valence-corrected chi connectivity index (χ1v) is 7.32. The summed E-state index contributed by atoms with van der Waals surface area (Å²) in [6.45, 7) is 4.74. The van der Waals surface area contributed by atoms with Crippen LogP contribution in [0.4, 0.5) is 0 Å². The summed E-state index contributed by atoms with van der Waals surface area (Å²) in [6.07, 6.45) is 7.39. The monoisotopic (exact) mass is 281 g/mol. The lowest BCUT2D eigenvalue weighted by molar-refractivity contribution is 0.280. The topological polar surface area (TPSA) is 61.0 Å². The number of nitrogens with two attached hydrogens (primary N) is 1. The number of nitrogens with zero attached hydrogens (tertiary/aromatic N) is 2. The van der Waals surface area contributed by atoms with Crippen LogP contribution < -0.4 is 10.5 Å². The predicted octanol–water partition coefficient (Wildman–Crippen LogP) is 3.16. The average Bonchev–Trinajstić information content (AvgIpc) is 2.37. The Hall–Kier alpha value is -1.23. The Bertz CT molecular complexity index is 410. The van der Waals surface area contributed by atoms with Crippen molar-refractivity contribution in [2.45, 2.75) is 52.4 Å². The van der Waals surface area contributed by atoms with Crippen LogP contribution >= 0.6 is 12.2 Å². The lowest BCUT2D eigenvalue weighted by atomic mass is 10.1. The molecule has 0 unspecified atom stereocenters. The molecule has 1 aromatic heterocycles. The van der Waals surface area contributed by atoms with Crippen molar-refractivity contribution in [3.63, 3.8) is 0 Å². The largest absolute Gasteiger partial charge is 0.463 e. The van der Waals surface area contributed by atoms with Crippen LogP contribution in [0, 0.1) is 6.92 Å². The predicted molar refractivity (Wildman–Crippen MR) is 81.5 cm³/mol. The Kier molecular flexibility index (Phi) is 7.33. The summed E-state index contributed by atoms with van der Waals surface area (Å²) >= 11 is 4.91. The van der Waals surface area contributed by atoms with E-state index < -0.39 is 0 Å².